The molecule has 1 aromatic heterocycles. The molecule has 1 aliphatic rings. The maximum absolute atomic E-state index is 13.0. The Bertz CT molecular complexity index is 1150. The van der Waals surface area contributed by atoms with Crippen molar-refractivity contribution in [3.8, 4) is 11.3 Å². The number of carbonyl (C=O) groups excluding carboxylic acids is 1. The van der Waals surface area contributed by atoms with Gasteiger partial charge in [-0.2, -0.15) is 4.31 Å². The van der Waals surface area contributed by atoms with Crippen LogP contribution in [0.3, 0.4) is 0 Å². The van der Waals surface area contributed by atoms with Gasteiger partial charge in [0.05, 0.1) is 24.7 Å². The summed E-state index contributed by atoms with van der Waals surface area (Å²) < 4.78 is 50.1. The predicted octanol–water partition coefficient (Wildman–Crippen LogP) is 2.43. The minimum atomic E-state index is -3.61. The zero-order valence-electron chi connectivity index (χ0n) is 16.5. The monoisotopic (exact) mass is 445 g/mol. The highest BCUT2D eigenvalue weighted by atomic mass is 32.2. The van der Waals surface area contributed by atoms with Crippen molar-refractivity contribution in [3.63, 3.8) is 0 Å². The SMILES string of the molecule is O=C(NCc1cc(-c2ccc(F)cc2)on1)c1ccc(S(=O)(=O)N2CCOCC2)cc1. The number of hydrogen-bond donors (Lipinski definition) is 1. The van der Waals surface area contributed by atoms with Gasteiger partial charge in [0.25, 0.3) is 5.91 Å². The van der Waals surface area contributed by atoms with Gasteiger partial charge in [-0.05, 0) is 48.5 Å². The number of halogens is 1. The molecule has 0 atom stereocenters. The summed E-state index contributed by atoms with van der Waals surface area (Å²) in [6.45, 7) is 1.47. The molecule has 10 heteroatoms. The third-order valence-electron chi connectivity index (χ3n) is 4.84. The van der Waals surface area contributed by atoms with Crippen molar-refractivity contribution in [2.45, 2.75) is 11.4 Å². The van der Waals surface area contributed by atoms with Crippen molar-refractivity contribution in [2.75, 3.05) is 26.3 Å². The van der Waals surface area contributed by atoms with Gasteiger partial charge in [-0.1, -0.05) is 5.16 Å². The predicted molar refractivity (Wildman–Crippen MR) is 109 cm³/mol. The molecule has 0 aliphatic carbocycles. The standard InChI is InChI=1S/C21H20FN3O5S/c22-17-5-1-15(2-6-17)20-13-18(24-30-20)14-23-21(26)16-3-7-19(8-4-16)31(27,28)25-9-11-29-12-10-25/h1-8,13H,9-12,14H2,(H,23,26). The molecule has 4 rings (SSSR count). The van der Waals surface area contributed by atoms with Gasteiger partial charge in [-0.3, -0.25) is 4.79 Å². The Morgan fingerprint density at radius 2 is 1.74 bits per heavy atom. The number of ether oxygens (including phenoxy) is 1. The Morgan fingerprint density at radius 3 is 2.42 bits per heavy atom. The van der Waals surface area contributed by atoms with Gasteiger partial charge in [0.15, 0.2) is 5.76 Å². The van der Waals surface area contributed by atoms with E-state index in [9.17, 15) is 17.6 Å². The fraction of sp³-hybridized carbons (Fsp3) is 0.238. The van der Waals surface area contributed by atoms with E-state index < -0.39 is 10.0 Å². The van der Waals surface area contributed by atoms with E-state index in [4.69, 9.17) is 9.26 Å². The number of nitrogens with zero attached hydrogens (tertiary/aromatic N) is 2. The van der Waals surface area contributed by atoms with Crippen LogP contribution < -0.4 is 5.32 Å². The van der Waals surface area contributed by atoms with E-state index >= 15 is 0 Å². The lowest BCUT2D eigenvalue weighted by atomic mass is 10.1. The summed E-state index contributed by atoms with van der Waals surface area (Å²) in [6, 6.07) is 13.2. The summed E-state index contributed by atoms with van der Waals surface area (Å²) in [5, 5.41) is 6.61. The molecule has 162 valence electrons. The van der Waals surface area contributed by atoms with Crippen molar-refractivity contribution in [2.24, 2.45) is 0 Å². The number of carbonyl (C=O) groups is 1. The van der Waals surface area contributed by atoms with Crippen LogP contribution in [-0.2, 0) is 21.3 Å². The zero-order chi connectivity index (χ0) is 21.8. The van der Waals surface area contributed by atoms with E-state index in [2.05, 4.69) is 10.5 Å². The number of sulfonamides is 1. The smallest absolute Gasteiger partial charge is 0.251 e. The lowest BCUT2D eigenvalue weighted by Crippen LogP contribution is -2.40. The highest BCUT2D eigenvalue weighted by molar-refractivity contribution is 7.89. The number of nitrogens with one attached hydrogen (secondary N) is 1. The van der Waals surface area contributed by atoms with E-state index in [1.807, 2.05) is 0 Å². The third kappa shape index (κ3) is 4.82. The average Bonchev–Trinajstić information content (AvgIpc) is 3.28. The fourth-order valence-electron chi connectivity index (χ4n) is 3.13. The molecule has 0 radical (unpaired) electrons. The third-order valence-corrected chi connectivity index (χ3v) is 6.75. The summed E-state index contributed by atoms with van der Waals surface area (Å²) in [5.74, 6) is -0.261. The molecule has 1 N–H and O–H groups in total. The second-order valence-electron chi connectivity index (χ2n) is 6.91. The first-order valence-electron chi connectivity index (χ1n) is 9.61. The van der Waals surface area contributed by atoms with Gasteiger partial charge in [0, 0.05) is 30.3 Å². The van der Waals surface area contributed by atoms with Crippen molar-refractivity contribution < 1.29 is 26.9 Å². The summed E-state index contributed by atoms with van der Waals surface area (Å²) in [4.78, 5) is 12.5. The van der Waals surface area contributed by atoms with Crippen LogP contribution in [0.5, 0.6) is 0 Å². The van der Waals surface area contributed by atoms with Crippen LogP contribution in [0.2, 0.25) is 0 Å². The highest BCUT2D eigenvalue weighted by Crippen LogP contribution is 2.21. The second-order valence-corrected chi connectivity index (χ2v) is 8.85. The minimum absolute atomic E-state index is 0.122. The van der Waals surface area contributed by atoms with Crippen LogP contribution in [0.15, 0.2) is 64.0 Å². The normalized spacial score (nSPS) is 15.0. The van der Waals surface area contributed by atoms with Gasteiger partial charge < -0.3 is 14.6 Å². The highest BCUT2D eigenvalue weighted by Gasteiger charge is 2.26. The van der Waals surface area contributed by atoms with Gasteiger partial charge >= 0.3 is 0 Å². The van der Waals surface area contributed by atoms with E-state index in [-0.39, 0.29) is 23.2 Å². The molecule has 0 saturated carbocycles. The molecule has 1 fully saturated rings. The molecule has 2 aromatic carbocycles. The van der Waals surface area contributed by atoms with Crippen molar-refractivity contribution in [1.82, 2.24) is 14.8 Å². The molecule has 1 saturated heterocycles. The Morgan fingerprint density at radius 1 is 1.06 bits per heavy atom. The van der Waals surface area contributed by atoms with Crippen LogP contribution in [0.25, 0.3) is 11.3 Å². The first-order chi connectivity index (χ1) is 14.9. The van der Waals surface area contributed by atoms with Gasteiger partial charge in [0.2, 0.25) is 10.0 Å². The molecule has 3 aromatic rings. The number of hydrogen-bond acceptors (Lipinski definition) is 6. The van der Waals surface area contributed by atoms with E-state index in [1.54, 1.807) is 18.2 Å². The lowest BCUT2D eigenvalue weighted by molar-refractivity contribution is 0.0730. The molecular formula is C21H20FN3O5S. The second kappa shape index (κ2) is 8.96. The zero-order valence-corrected chi connectivity index (χ0v) is 17.3. The maximum Gasteiger partial charge on any atom is 0.251 e. The van der Waals surface area contributed by atoms with E-state index in [0.29, 0.717) is 48.9 Å². The van der Waals surface area contributed by atoms with Crippen LogP contribution in [0, 0.1) is 5.82 Å². The molecule has 0 unspecified atom stereocenters. The quantitative estimate of drug-likeness (QED) is 0.625. The summed E-state index contributed by atoms with van der Waals surface area (Å²) in [5.41, 5.74) is 1.49. The van der Waals surface area contributed by atoms with Gasteiger partial charge in [-0.25, -0.2) is 12.8 Å². The summed E-state index contributed by atoms with van der Waals surface area (Å²) >= 11 is 0. The Labute approximate surface area is 178 Å². The van der Waals surface area contributed by atoms with Crippen LogP contribution >= 0.6 is 0 Å². The number of rotatable bonds is 6. The van der Waals surface area contributed by atoms with Gasteiger partial charge in [0.1, 0.15) is 11.5 Å². The lowest BCUT2D eigenvalue weighted by Gasteiger charge is -2.26. The summed E-state index contributed by atoms with van der Waals surface area (Å²) in [6.07, 6.45) is 0. The molecule has 2 heterocycles. The Kier molecular flexibility index (Phi) is 6.12. The van der Waals surface area contributed by atoms with Crippen LogP contribution in [0.4, 0.5) is 4.39 Å². The first-order valence-corrected chi connectivity index (χ1v) is 11.1. The maximum atomic E-state index is 13.0. The van der Waals surface area contributed by atoms with E-state index in [1.165, 1.54) is 40.7 Å². The van der Waals surface area contributed by atoms with Crippen molar-refractivity contribution in [1.29, 1.82) is 0 Å². The number of aromatic nitrogens is 1. The number of benzene rings is 2. The molecule has 1 aliphatic heterocycles. The van der Waals surface area contributed by atoms with Crippen molar-refractivity contribution in [3.05, 3.63) is 71.7 Å². The van der Waals surface area contributed by atoms with Gasteiger partial charge in [-0.15, -0.1) is 0 Å². The molecule has 31 heavy (non-hydrogen) atoms. The molecule has 8 nitrogen and oxygen atoms in total. The molecule has 0 spiro atoms. The topological polar surface area (TPSA) is 102 Å². The molecule has 1 amide bonds. The van der Waals surface area contributed by atoms with Crippen LogP contribution in [0.1, 0.15) is 16.1 Å². The minimum Gasteiger partial charge on any atom is -0.379 e. The number of amides is 1. The number of morpholine rings is 1. The van der Waals surface area contributed by atoms with Crippen LogP contribution in [-0.4, -0.2) is 50.1 Å². The first kappa shape index (κ1) is 21.2. The molecule has 0 bridgehead atoms. The Hall–Kier alpha value is -3.08. The fourth-order valence-corrected chi connectivity index (χ4v) is 4.54. The molecular weight excluding hydrogens is 425 g/mol. The van der Waals surface area contributed by atoms with E-state index in [0.717, 1.165) is 0 Å². The largest absolute Gasteiger partial charge is 0.379 e. The summed E-state index contributed by atoms with van der Waals surface area (Å²) in [7, 11) is -3.61. The van der Waals surface area contributed by atoms with Crippen molar-refractivity contribution >= 4 is 15.9 Å². The Balaban J connectivity index is 1.37. The average molecular weight is 445 g/mol.